The van der Waals surface area contributed by atoms with Crippen LogP contribution in [0.4, 0.5) is 0 Å². The summed E-state index contributed by atoms with van der Waals surface area (Å²) in [6.45, 7) is 0. The Labute approximate surface area is 113 Å². The highest BCUT2D eigenvalue weighted by Crippen LogP contribution is 2.21. The molecule has 0 saturated carbocycles. The van der Waals surface area contributed by atoms with Gasteiger partial charge in [0.05, 0.1) is 35.3 Å². The van der Waals surface area contributed by atoms with Crippen molar-refractivity contribution < 1.29 is 9.53 Å². The maximum atomic E-state index is 11.2. The summed E-state index contributed by atoms with van der Waals surface area (Å²) in [5.41, 5.74) is 12.3. The zero-order valence-corrected chi connectivity index (χ0v) is 11.1. The van der Waals surface area contributed by atoms with Crippen LogP contribution in [-0.4, -0.2) is 24.1 Å². The number of methoxy groups -OCH3 is 1. The van der Waals surface area contributed by atoms with Crippen LogP contribution in [0.5, 0.6) is 0 Å². The normalized spacial score (nSPS) is 11.8. The van der Waals surface area contributed by atoms with Crippen LogP contribution >= 0.6 is 11.3 Å². The molecular weight excluding hydrogens is 264 g/mol. The van der Waals surface area contributed by atoms with Gasteiger partial charge >= 0.3 is 5.97 Å². The van der Waals surface area contributed by atoms with E-state index in [4.69, 9.17) is 5.53 Å². The van der Waals surface area contributed by atoms with E-state index in [1.807, 2.05) is 18.2 Å². The summed E-state index contributed by atoms with van der Waals surface area (Å²) in [7, 11) is 1.32. The highest BCUT2D eigenvalue weighted by Gasteiger charge is 2.14. The van der Waals surface area contributed by atoms with E-state index in [0.29, 0.717) is 6.42 Å². The Balaban J connectivity index is 2.15. The number of esters is 1. The highest BCUT2D eigenvalue weighted by atomic mass is 32.1. The van der Waals surface area contributed by atoms with Gasteiger partial charge in [-0.05, 0) is 29.6 Å². The topological polar surface area (TPSA) is 88.0 Å². The van der Waals surface area contributed by atoms with Gasteiger partial charge in [-0.15, -0.1) is 11.3 Å². The number of azide groups is 1. The summed E-state index contributed by atoms with van der Waals surface area (Å²) in [6, 6.07) is 5.43. The van der Waals surface area contributed by atoms with Crippen LogP contribution in [0.25, 0.3) is 20.7 Å². The molecule has 0 N–H and O–H groups in total. The van der Waals surface area contributed by atoms with E-state index < -0.39 is 6.04 Å². The van der Waals surface area contributed by atoms with Crippen molar-refractivity contribution in [2.75, 3.05) is 7.11 Å². The Morgan fingerprint density at radius 2 is 2.47 bits per heavy atom. The van der Waals surface area contributed by atoms with Crippen molar-refractivity contribution in [2.24, 2.45) is 5.11 Å². The molecule has 0 aliphatic heterocycles. The molecule has 1 aromatic heterocycles. The van der Waals surface area contributed by atoms with E-state index in [9.17, 15) is 4.79 Å². The third-order valence-electron chi connectivity index (χ3n) is 2.71. The number of hydrogen-bond acceptors (Lipinski definition) is 5. The summed E-state index contributed by atoms with van der Waals surface area (Å²) in [5, 5.41) is 3.64. The van der Waals surface area contributed by atoms with Gasteiger partial charge in [-0.1, -0.05) is 11.2 Å². The fourth-order valence-electron chi connectivity index (χ4n) is 1.80. The molecule has 2 rings (SSSR count). The van der Waals surface area contributed by atoms with Crippen LogP contribution in [0.2, 0.25) is 0 Å². The van der Waals surface area contributed by atoms with Crippen molar-refractivity contribution in [3.05, 3.63) is 39.7 Å². The molecule has 1 aromatic carbocycles. The number of fused-ring (bicyclic) bond motifs is 1. The van der Waals surface area contributed by atoms with Crippen molar-refractivity contribution in [3.63, 3.8) is 0 Å². The standard InChI is InChI=1S/C12H12N4O2S/c1-18-12(17)6-9(15-16-13)4-8-2-3-10-11(5-8)19-7-14-10/h2-3,5,7,9H,4,6H2,1H3/t9-/m1/s1. The lowest BCUT2D eigenvalue weighted by atomic mass is 10.0. The Bertz CT molecular complexity index is 633. The Hall–Kier alpha value is -2.11. The molecule has 0 amide bonds. The lowest BCUT2D eigenvalue weighted by Gasteiger charge is -2.09. The van der Waals surface area contributed by atoms with Gasteiger partial charge < -0.3 is 4.74 Å². The summed E-state index contributed by atoms with van der Waals surface area (Å²) >= 11 is 1.55. The van der Waals surface area contributed by atoms with Gasteiger partial charge in [-0.2, -0.15) is 0 Å². The summed E-state index contributed by atoms with van der Waals surface area (Å²) in [5.74, 6) is -0.378. The van der Waals surface area contributed by atoms with Gasteiger partial charge in [-0.3, -0.25) is 4.79 Å². The Morgan fingerprint density at radius 3 is 3.21 bits per heavy atom. The van der Waals surface area contributed by atoms with Gasteiger partial charge in [0.15, 0.2) is 0 Å². The number of aromatic nitrogens is 1. The van der Waals surface area contributed by atoms with Crippen LogP contribution in [-0.2, 0) is 16.0 Å². The summed E-state index contributed by atoms with van der Waals surface area (Å²) in [6.07, 6.45) is 0.592. The molecule has 1 atom stereocenters. The monoisotopic (exact) mass is 276 g/mol. The number of carbonyl (C=O) groups excluding carboxylic acids is 1. The van der Waals surface area contributed by atoms with E-state index in [1.54, 1.807) is 16.8 Å². The highest BCUT2D eigenvalue weighted by molar-refractivity contribution is 7.16. The number of carbonyl (C=O) groups is 1. The maximum absolute atomic E-state index is 11.2. The molecule has 0 bridgehead atoms. The second-order valence-corrected chi connectivity index (χ2v) is 4.88. The molecule has 0 fully saturated rings. The van der Waals surface area contributed by atoms with E-state index in [0.717, 1.165) is 15.8 Å². The number of thiazole rings is 1. The molecule has 0 radical (unpaired) electrons. The van der Waals surface area contributed by atoms with Gasteiger partial charge in [0.25, 0.3) is 0 Å². The van der Waals surface area contributed by atoms with Gasteiger partial charge in [-0.25, -0.2) is 4.98 Å². The largest absolute Gasteiger partial charge is 0.469 e. The zero-order chi connectivity index (χ0) is 13.7. The molecule has 0 aliphatic rings. The average molecular weight is 276 g/mol. The van der Waals surface area contributed by atoms with Gasteiger partial charge in [0, 0.05) is 4.91 Å². The summed E-state index contributed by atoms with van der Waals surface area (Å²) < 4.78 is 5.67. The molecule has 6 nitrogen and oxygen atoms in total. The van der Waals surface area contributed by atoms with Crippen molar-refractivity contribution >= 4 is 27.5 Å². The third kappa shape index (κ3) is 3.43. The number of nitrogens with zero attached hydrogens (tertiary/aromatic N) is 4. The van der Waals surface area contributed by atoms with E-state index in [2.05, 4.69) is 19.7 Å². The first-order chi connectivity index (χ1) is 9.22. The first-order valence-corrected chi connectivity index (χ1v) is 6.54. The first-order valence-electron chi connectivity index (χ1n) is 5.66. The lowest BCUT2D eigenvalue weighted by Crippen LogP contribution is -2.15. The van der Waals surface area contributed by atoms with Crippen molar-refractivity contribution in [1.29, 1.82) is 0 Å². The molecule has 98 valence electrons. The smallest absolute Gasteiger partial charge is 0.305 e. The minimum absolute atomic E-state index is 0.0846. The fraction of sp³-hybridized carbons (Fsp3) is 0.333. The second kappa shape index (κ2) is 6.17. The number of hydrogen-bond donors (Lipinski definition) is 0. The first kappa shape index (κ1) is 13.3. The van der Waals surface area contributed by atoms with Crippen molar-refractivity contribution in [2.45, 2.75) is 18.9 Å². The SMILES string of the molecule is COC(=O)C[C@@H](Cc1ccc2ncsc2c1)N=[N+]=[N-]. The van der Waals surface area contributed by atoms with E-state index in [1.165, 1.54) is 7.11 Å². The Kier molecular flexibility index (Phi) is 4.33. The van der Waals surface area contributed by atoms with Crippen LogP contribution in [0.15, 0.2) is 28.8 Å². The molecule has 19 heavy (non-hydrogen) atoms. The number of benzene rings is 1. The molecular formula is C12H12N4O2S. The molecule has 1 heterocycles. The van der Waals surface area contributed by atoms with Crippen LogP contribution in [0.1, 0.15) is 12.0 Å². The van der Waals surface area contributed by atoms with Crippen LogP contribution in [0.3, 0.4) is 0 Å². The molecule has 2 aromatic rings. The van der Waals surface area contributed by atoms with Gasteiger partial charge in [0.1, 0.15) is 0 Å². The van der Waals surface area contributed by atoms with Gasteiger partial charge in [0.2, 0.25) is 0 Å². The van der Waals surface area contributed by atoms with E-state index >= 15 is 0 Å². The van der Waals surface area contributed by atoms with Crippen LogP contribution < -0.4 is 0 Å². The number of ether oxygens (including phenoxy) is 1. The molecule has 0 saturated heterocycles. The molecule has 0 unspecified atom stereocenters. The van der Waals surface area contributed by atoms with Crippen molar-refractivity contribution in [3.8, 4) is 0 Å². The average Bonchev–Trinajstić information content (AvgIpc) is 2.86. The molecule has 0 aliphatic carbocycles. The minimum atomic E-state index is -0.428. The fourth-order valence-corrected chi connectivity index (χ4v) is 2.54. The Morgan fingerprint density at radius 1 is 1.63 bits per heavy atom. The molecule has 0 spiro atoms. The quantitative estimate of drug-likeness (QED) is 0.364. The third-order valence-corrected chi connectivity index (χ3v) is 3.50. The van der Waals surface area contributed by atoms with Crippen molar-refractivity contribution in [1.82, 2.24) is 4.98 Å². The summed E-state index contributed by atoms with van der Waals surface area (Å²) in [4.78, 5) is 18.2. The van der Waals surface area contributed by atoms with Crippen LogP contribution in [0, 0.1) is 0 Å². The predicted molar refractivity (Wildman–Crippen MR) is 72.9 cm³/mol. The zero-order valence-electron chi connectivity index (χ0n) is 10.3. The lowest BCUT2D eigenvalue weighted by molar-refractivity contribution is -0.140. The number of rotatable bonds is 5. The predicted octanol–water partition coefficient (Wildman–Crippen LogP) is 3.08. The maximum Gasteiger partial charge on any atom is 0.305 e. The molecule has 7 heteroatoms. The minimum Gasteiger partial charge on any atom is -0.469 e. The van der Waals surface area contributed by atoms with E-state index in [-0.39, 0.29) is 12.4 Å². The second-order valence-electron chi connectivity index (χ2n) is 4.00.